The zero-order valence-corrected chi connectivity index (χ0v) is 16.8. The lowest BCUT2D eigenvalue weighted by Crippen LogP contribution is -2.61. The predicted octanol–water partition coefficient (Wildman–Crippen LogP) is 3.35. The molecule has 27 heavy (non-hydrogen) atoms. The Labute approximate surface area is 161 Å². The maximum atomic E-state index is 12.9. The van der Waals surface area contributed by atoms with Crippen molar-refractivity contribution in [3.05, 3.63) is 29.3 Å². The standard InChI is InChI=1S/C21H31N3O3/c1-14-8-9-17-15(12-14)16(13-20(2,3)27-17)23-19(26)24-21(18(25)22-4)10-6-5-7-11-21/h8-9,12,16H,5-7,10-11,13H2,1-4H3,(H,22,25)(H2,23,24,26). The third-order valence-electron chi connectivity index (χ3n) is 5.65. The van der Waals surface area contributed by atoms with Crippen molar-refractivity contribution >= 4 is 11.9 Å². The number of amides is 3. The summed E-state index contributed by atoms with van der Waals surface area (Å²) in [5.41, 5.74) is 0.928. The van der Waals surface area contributed by atoms with Crippen LogP contribution in [0.5, 0.6) is 5.75 Å². The van der Waals surface area contributed by atoms with Crippen molar-refractivity contribution in [2.45, 2.75) is 76.5 Å². The maximum Gasteiger partial charge on any atom is 0.316 e. The number of hydrogen-bond donors (Lipinski definition) is 3. The minimum Gasteiger partial charge on any atom is -0.487 e. The summed E-state index contributed by atoms with van der Waals surface area (Å²) in [6.07, 6.45) is 5.01. The van der Waals surface area contributed by atoms with Crippen LogP contribution in [-0.2, 0) is 4.79 Å². The topological polar surface area (TPSA) is 79.5 Å². The van der Waals surface area contributed by atoms with Crippen LogP contribution in [0.4, 0.5) is 4.79 Å². The van der Waals surface area contributed by atoms with Gasteiger partial charge in [-0.15, -0.1) is 0 Å². The molecule has 0 aromatic heterocycles. The molecule has 1 aliphatic heterocycles. The van der Waals surface area contributed by atoms with E-state index in [1.807, 2.05) is 32.9 Å². The first kappa shape index (κ1) is 19.5. The largest absolute Gasteiger partial charge is 0.487 e. The zero-order valence-electron chi connectivity index (χ0n) is 16.8. The molecule has 1 aromatic carbocycles. The summed E-state index contributed by atoms with van der Waals surface area (Å²) >= 11 is 0. The molecule has 2 aliphatic rings. The van der Waals surface area contributed by atoms with E-state index < -0.39 is 5.54 Å². The van der Waals surface area contributed by atoms with E-state index in [1.54, 1.807) is 7.05 Å². The van der Waals surface area contributed by atoms with Gasteiger partial charge >= 0.3 is 6.03 Å². The summed E-state index contributed by atoms with van der Waals surface area (Å²) in [6, 6.07) is 5.58. The summed E-state index contributed by atoms with van der Waals surface area (Å²) in [7, 11) is 1.62. The van der Waals surface area contributed by atoms with E-state index in [1.165, 1.54) is 0 Å². The molecule has 1 aromatic rings. The van der Waals surface area contributed by atoms with Crippen molar-refractivity contribution in [2.75, 3.05) is 7.05 Å². The summed E-state index contributed by atoms with van der Waals surface area (Å²) < 4.78 is 6.08. The Morgan fingerprint density at radius 2 is 1.85 bits per heavy atom. The number of ether oxygens (including phenoxy) is 1. The lowest BCUT2D eigenvalue weighted by Gasteiger charge is -2.40. The van der Waals surface area contributed by atoms with Gasteiger partial charge in [-0.2, -0.15) is 0 Å². The van der Waals surface area contributed by atoms with E-state index in [4.69, 9.17) is 4.74 Å². The fourth-order valence-corrected chi connectivity index (χ4v) is 4.32. The third kappa shape index (κ3) is 4.20. The van der Waals surface area contributed by atoms with Gasteiger partial charge < -0.3 is 20.7 Å². The van der Waals surface area contributed by atoms with Gasteiger partial charge in [-0.25, -0.2) is 4.79 Å². The van der Waals surface area contributed by atoms with Gasteiger partial charge in [-0.1, -0.05) is 37.0 Å². The average molecular weight is 373 g/mol. The zero-order chi connectivity index (χ0) is 19.7. The Morgan fingerprint density at radius 3 is 2.52 bits per heavy atom. The van der Waals surface area contributed by atoms with Crippen LogP contribution in [0.1, 0.15) is 69.5 Å². The molecule has 1 atom stereocenters. The molecule has 3 amide bonds. The van der Waals surface area contributed by atoms with Crippen LogP contribution in [-0.4, -0.2) is 30.1 Å². The Bertz CT molecular complexity index is 723. The van der Waals surface area contributed by atoms with Gasteiger partial charge in [0, 0.05) is 19.0 Å². The van der Waals surface area contributed by atoms with Crippen molar-refractivity contribution < 1.29 is 14.3 Å². The van der Waals surface area contributed by atoms with Gasteiger partial charge in [0.1, 0.15) is 16.9 Å². The molecule has 0 radical (unpaired) electrons. The molecular formula is C21H31N3O3. The molecule has 0 saturated heterocycles. The Hall–Kier alpha value is -2.24. The first-order chi connectivity index (χ1) is 12.7. The minimum atomic E-state index is -0.812. The van der Waals surface area contributed by atoms with Crippen LogP contribution >= 0.6 is 0 Å². The monoisotopic (exact) mass is 373 g/mol. The van der Waals surface area contributed by atoms with Crippen LogP contribution in [0.25, 0.3) is 0 Å². The van der Waals surface area contributed by atoms with Gasteiger partial charge in [0.05, 0.1) is 6.04 Å². The van der Waals surface area contributed by atoms with Crippen LogP contribution < -0.4 is 20.7 Å². The highest BCUT2D eigenvalue weighted by atomic mass is 16.5. The molecule has 148 valence electrons. The number of urea groups is 1. The molecule has 6 nitrogen and oxygen atoms in total. The average Bonchev–Trinajstić information content (AvgIpc) is 2.61. The lowest BCUT2D eigenvalue weighted by atomic mass is 9.81. The van der Waals surface area contributed by atoms with Gasteiger partial charge in [0.25, 0.3) is 0 Å². The second-order valence-electron chi connectivity index (χ2n) is 8.48. The normalized spacial score (nSPS) is 22.7. The van der Waals surface area contributed by atoms with Crippen molar-refractivity contribution in [3.8, 4) is 5.75 Å². The smallest absolute Gasteiger partial charge is 0.316 e. The van der Waals surface area contributed by atoms with E-state index in [0.717, 1.165) is 36.1 Å². The van der Waals surface area contributed by atoms with Gasteiger partial charge in [0.15, 0.2) is 0 Å². The third-order valence-corrected chi connectivity index (χ3v) is 5.65. The highest BCUT2D eigenvalue weighted by molar-refractivity contribution is 5.91. The number of hydrogen-bond acceptors (Lipinski definition) is 3. The fraction of sp³-hybridized carbons (Fsp3) is 0.619. The molecule has 3 rings (SSSR count). The number of aryl methyl sites for hydroxylation is 1. The van der Waals surface area contributed by atoms with Crippen molar-refractivity contribution in [1.29, 1.82) is 0 Å². The fourth-order valence-electron chi connectivity index (χ4n) is 4.32. The number of nitrogens with one attached hydrogen (secondary N) is 3. The van der Waals surface area contributed by atoms with Crippen molar-refractivity contribution in [3.63, 3.8) is 0 Å². The van der Waals surface area contributed by atoms with Gasteiger partial charge in [-0.3, -0.25) is 4.79 Å². The number of rotatable bonds is 3. The van der Waals surface area contributed by atoms with Crippen LogP contribution in [0, 0.1) is 6.92 Å². The molecule has 1 unspecified atom stereocenters. The summed E-state index contributed by atoms with van der Waals surface area (Å²) in [6.45, 7) is 6.07. The predicted molar refractivity (Wildman–Crippen MR) is 105 cm³/mol. The summed E-state index contributed by atoms with van der Waals surface area (Å²) in [5, 5.41) is 8.82. The Morgan fingerprint density at radius 1 is 1.15 bits per heavy atom. The molecule has 1 fully saturated rings. The first-order valence-electron chi connectivity index (χ1n) is 9.85. The molecule has 3 N–H and O–H groups in total. The molecule has 6 heteroatoms. The highest BCUT2D eigenvalue weighted by Crippen LogP contribution is 2.40. The number of fused-ring (bicyclic) bond motifs is 1. The number of likely N-dealkylation sites (N-methyl/N-ethyl adjacent to an activating group) is 1. The number of benzene rings is 1. The first-order valence-corrected chi connectivity index (χ1v) is 9.85. The quantitative estimate of drug-likeness (QED) is 0.760. The van der Waals surface area contributed by atoms with E-state index in [-0.39, 0.29) is 23.6 Å². The molecule has 1 aliphatic carbocycles. The Balaban J connectivity index is 1.79. The van der Waals surface area contributed by atoms with Crippen molar-refractivity contribution in [2.24, 2.45) is 0 Å². The van der Waals surface area contributed by atoms with E-state index in [2.05, 4.69) is 22.0 Å². The van der Waals surface area contributed by atoms with Crippen LogP contribution in [0.3, 0.4) is 0 Å². The van der Waals surface area contributed by atoms with Crippen LogP contribution in [0.15, 0.2) is 18.2 Å². The maximum absolute atomic E-state index is 12.9. The highest BCUT2D eigenvalue weighted by Gasteiger charge is 2.41. The summed E-state index contributed by atoms with van der Waals surface area (Å²) in [4.78, 5) is 25.4. The Kier molecular flexibility index (Phi) is 5.36. The minimum absolute atomic E-state index is 0.110. The lowest BCUT2D eigenvalue weighted by molar-refractivity contribution is -0.128. The molecule has 0 spiro atoms. The number of carbonyl (C=O) groups excluding carboxylic acids is 2. The van der Waals surface area contributed by atoms with Gasteiger partial charge in [-0.05, 0) is 39.7 Å². The molecule has 0 bridgehead atoms. The van der Waals surface area contributed by atoms with E-state index in [0.29, 0.717) is 19.3 Å². The second kappa shape index (κ2) is 7.41. The van der Waals surface area contributed by atoms with Gasteiger partial charge in [0.2, 0.25) is 5.91 Å². The molecular weight excluding hydrogens is 342 g/mol. The van der Waals surface area contributed by atoms with E-state index >= 15 is 0 Å². The molecule has 1 saturated carbocycles. The van der Waals surface area contributed by atoms with Crippen molar-refractivity contribution in [1.82, 2.24) is 16.0 Å². The van der Waals surface area contributed by atoms with E-state index in [9.17, 15) is 9.59 Å². The number of carbonyl (C=O) groups is 2. The SMILES string of the molecule is CNC(=O)C1(NC(=O)NC2CC(C)(C)Oc3ccc(C)cc32)CCCCC1. The van der Waals surface area contributed by atoms with Crippen LogP contribution in [0.2, 0.25) is 0 Å². The summed E-state index contributed by atoms with van der Waals surface area (Å²) in [5.74, 6) is 0.696. The second-order valence-corrected chi connectivity index (χ2v) is 8.48. The molecule has 1 heterocycles.